The minimum absolute atomic E-state index is 0.0761. The van der Waals surface area contributed by atoms with Crippen molar-refractivity contribution in [1.29, 1.82) is 0 Å². The Morgan fingerprint density at radius 1 is 1.35 bits per heavy atom. The van der Waals surface area contributed by atoms with E-state index < -0.39 is 0 Å². The number of benzene rings is 1. The summed E-state index contributed by atoms with van der Waals surface area (Å²) in [7, 11) is 0. The van der Waals surface area contributed by atoms with Gasteiger partial charge in [0.25, 0.3) is 0 Å². The molecule has 0 spiro atoms. The minimum atomic E-state index is 0.0761. The summed E-state index contributed by atoms with van der Waals surface area (Å²) in [6.07, 6.45) is 3.98. The molecule has 0 fully saturated rings. The Labute approximate surface area is 100 Å². The second-order valence-electron chi connectivity index (χ2n) is 4.06. The first-order valence-corrected chi connectivity index (χ1v) is 5.71. The third kappa shape index (κ3) is 2.41. The Kier molecular flexibility index (Phi) is 3.32. The maximum Gasteiger partial charge on any atom is 0.165 e. The van der Waals surface area contributed by atoms with Crippen molar-refractivity contribution in [2.45, 2.75) is 20.3 Å². The molecule has 1 unspecified atom stereocenters. The van der Waals surface area contributed by atoms with E-state index in [2.05, 4.69) is 10.1 Å². The van der Waals surface area contributed by atoms with Gasteiger partial charge in [0.1, 0.15) is 12.7 Å². The second-order valence-corrected chi connectivity index (χ2v) is 4.06. The molecule has 1 aromatic heterocycles. The van der Waals surface area contributed by atoms with Crippen molar-refractivity contribution in [3.63, 3.8) is 0 Å². The molecule has 1 atom stereocenters. The number of hydrogen-bond donors (Lipinski definition) is 0. The van der Waals surface area contributed by atoms with Crippen LogP contribution in [-0.2, 0) is 0 Å². The molecule has 2 aromatic rings. The molecule has 1 aromatic carbocycles. The molecule has 0 N–H and O–H groups in total. The molecule has 17 heavy (non-hydrogen) atoms. The van der Waals surface area contributed by atoms with Crippen LogP contribution < -0.4 is 0 Å². The van der Waals surface area contributed by atoms with E-state index in [0.29, 0.717) is 0 Å². The monoisotopic (exact) mass is 229 g/mol. The molecule has 0 bridgehead atoms. The van der Waals surface area contributed by atoms with Crippen LogP contribution in [0.3, 0.4) is 0 Å². The Hall–Kier alpha value is -1.97. The Balaban J connectivity index is 2.22. The molecule has 0 amide bonds. The molecule has 2 rings (SSSR count). The molecule has 88 valence electrons. The molecular formula is C13H15N3O. The Morgan fingerprint density at radius 3 is 2.59 bits per heavy atom. The quantitative estimate of drug-likeness (QED) is 0.757. The third-order valence-corrected chi connectivity index (χ3v) is 2.90. The Bertz CT molecular complexity index is 488. The second kappa shape index (κ2) is 4.91. The lowest BCUT2D eigenvalue weighted by atomic mass is 9.97. The highest BCUT2D eigenvalue weighted by Gasteiger charge is 2.12. The predicted molar refractivity (Wildman–Crippen MR) is 65.1 cm³/mol. The van der Waals surface area contributed by atoms with Gasteiger partial charge in [-0.05, 0) is 30.7 Å². The van der Waals surface area contributed by atoms with Gasteiger partial charge in [0.05, 0.1) is 5.69 Å². The van der Waals surface area contributed by atoms with Gasteiger partial charge in [0.15, 0.2) is 5.78 Å². The van der Waals surface area contributed by atoms with Gasteiger partial charge in [-0.15, -0.1) is 0 Å². The number of hydrogen-bond acceptors (Lipinski definition) is 3. The van der Waals surface area contributed by atoms with Crippen LogP contribution in [0.2, 0.25) is 0 Å². The van der Waals surface area contributed by atoms with Gasteiger partial charge in [0.2, 0.25) is 0 Å². The SMILES string of the molecule is CCC(C)C(=O)c1ccc(-n2cncn2)cc1. The van der Waals surface area contributed by atoms with Gasteiger partial charge in [-0.3, -0.25) is 4.79 Å². The molecular weight excluding hydrogens is 214 g/mol. The zero-order chi connectivity index (χ0) is 12.3. The number of nitrogens with zero attached hydrogens (tertiary/aromatic N) is 3. The van der Waals surface area contributed by atoms with Crippen molar-refractivity contribution in [1.82, 2.24) is 14.8 Å². The fraction of sp³-hybridized carbons (Fsp3) is 0.308. The number of ketones is 1. The van der Waals surface area contributed by atoms with Gasteiger partial charge >= 0.3 is 0 Å². The lowest BCUT2D eigenvalue weighted by Crippen LogP contribution is -2.10. The summed E-state index contributed by atoms with van der Waals surface area (Å²) in [5.74, 6) is 0.268. The third-order valence-electron chi connectivity index (χ3n) is 2.90. The summed E-state index contributed by atoms with van der Waals surface area (Å²) in [5, 5.41) is 4.03. The average molecular weight is 229 g/mol. The van der Waals surface area contributed by atoms with Crippen molar-refractivity contribution in [3.05, 3.63) is 42.5 Å². The standard InChI is InChI=1S/C13H15N3O/c1-3-10(2)13(17)11-4-6-12(7-5-11)16-9-14-8-15-16/h4-10H,3H2,1-2H3. The maximum absolute atomic E-state index is 11.9. The first kappa shape index (κ1) is 11.5. The van der Waals surface area contributed by atoms with Crippen molar-refractivity contribution >= 4 is 5.78 Å². The zero-order valence-electron chi connectivity index (χ0n) is 10.00. The number of rotatable bonds is 4. The van der Waals surface area contributed by atoms with E-state index in [1.54, 1.807) is 11.0 Å². The van der Waals surface area contributed by atoms with Gasteiger partial charge in [-0.25, -0.2) is 9.67 Å². The molecule has 0 aliphatic heterocycles. The molecule has 1 heterocycles. The van der Waals surface area contributed by atoms with Crippen LogP contribution >= 0.6 is 0 Å². The summed E-state index contributed by atoms with van der Waals surface area (Å²) < 4.78 is 1.66. The van der Waals surface area contributed by atoms with Crippen molar-refractivity contribution in [2.75, 3.05) is 0 Å². The van der Waals surface area contributed by atoms with Crippen LogP contribution in [0.5, 0.6) is 0 Å². The van der Waals surface area contributed by atoms with Gasteiger partial charge in [-0.1, -0.05) is 13.8 Å². The van der Waals surface area contributed by atoms with Crippen LogP contribution in [0, 0.1) is 5.92 Å². The largest absolute Gasteiger partial charge is 0.294 e. The molecule has 0 saturated carbocycles. The van der Waals surface area contributed by atoms with E-state index in [1.807, 2.05) is 38.1 Å². The zero-order valence-corrected chi connectivity index (χ0v) is 10.00. The highest BCUT2D eigenvalue weighted by atomic mass is 16.1. The normalized spacial score (nSPS) is 12.4. The van der Waals surface area contributed by atoms with Crippen molar-refractivity contribution < 1.29 is 4.79 Å². The van der Waals surface area contributed by atoms with E-state index in [1.165, 1.54) is 6.33 Å². The summed E-state index contributed by atoms with van der Waals surface area (Å²) in [6.45, 7) is 3.97. The number of Topliss-reactive ketones (excluding diaryl/α,β-unsaturated/α-hetero) is 1. The summed E-state index contributed by atoms with van der Waals surface area (Å²) in [5.41, 5.74) is 1.66. The molecule has 4 heteroatoms. The van der Waals surface area contributed by atoms with Crippen LogP contribution in [-0.4, -0.2) is 20.5 Å². The van der Waals surface area contributed by atoms with E-state index in [0.717, 1.165) is 17.7 Å². The number of carbonyl (C=O) groups is 1. The molecule has 0 aliphatic carbocycles. The van der Waals surface area contributed by atoms with Crippen LogP contribution in [0.1, 0.15) is 30.6 Å². The number of aromatic nitrogens is 3. The topological polar surface area (TPSA) is 47.8 Å². The van der Waals surface area contributed by atoms with Crippen LogP contribution in [0.25, 0.3) is 5.69 Å². The lowest BCUT2D eigenvalue weighted by molar-refractivity contribution is 0.0927. The maximum atomic E-state index is 11.9. The van der Waals surface area contributed by atoms with E-state index in [9.17, 15) is 4.79 Å². The fourth-order valence-electron chi connectivity index (χ4n) is 1.59. The highest BCUT2D eigenvalue weighted by molar-refractivity contribution is 5.97. The molecule has 4 nitrogen and oxygen atoms in total. The van der Waals surface area contributed by atoms with Crippen molar-refractivity contribution in [2.24, 2.45) is 5.92 Å². The van der Waals surface area contributed by atoms with Gasteiger partial charge in [-0.2, -0.15) is 5.10 Å². The lowest BCUT2D eigenvalue weighted by Gasteiger charge is -2.08. The van der Waals surface area contributed by atoms with Gasteiger partial charge in [0, 0.05) is 11.5 Å². The van der Waals surface area contributed by atoms with Gasteiger partial charge < -0.3 is 0 Å². The van der Waals surface area contributed by atoms with E-state index in [4.69, 9.17) is 0 Å². The smallest absolute Gasteiger partial charge is 0.165 e. The summed E-state index contributed by atoms with van der Waals surface area (Å²) >= 11 is 0. The van der Waals surface area contributed by atoms with E-state index >= 15 is 0 Å². The summed E-state index contributed by atoms with van der Waals surface area (Å²) in [4.78, 5) is 15.8. The first-order chi connectivity index (χ1) is 8.22. The fourth-order valence-corrected chi connectivity index (χ4v) is 1.59. The van der Waals surface area contributed by atoms with Crippen molar-refractivity contribution in [3.8, 4) is 5.69 Å². The molecule has 0 radical (unpaired) electrons. The molecule has 0 saturated heterocycles. The van der Waals surface area contributed by atoms with Crippen LogP contribution in [0.15, 0.2) is 36.9 Å². The van der Waals surface area contributed by atoms with E-state index in [-0.39, 0.29) is 11.7 Å². The average Bonchev–Trinajstić information content (AvgIpc) is 2.91. The first-order valence-electron chi connectivity index (χ1n) is 5.71. The summed E-state index contributed by atoms with van der Waals surface area (Å²) in [6, 6.07) is 7.44. The number of carbonyl (C=O) groups excluding carboxylic acids is 1. The minimum Gasteiger partial charge on any atom is -0.294 e. The molecule has 0 aliphatic rings. The Morgan fingerprint density at radius 2 is 2.06 bits per heavy atom. The predicted octanol–water partition coefficient (Wildman–Crippen LogP) is 2.50. The highest BCUT2D eigenvalue weighted by Crippen LogP contribution is 2.14. The van der Waals surface area contributed by atoms with Crippen LogP contribution in [0.4, 0.5) is 0 Å².